The van der Waals surface area contributed by atoms with E-state index in [9.17, 15) is 0 Å². The minimum Gasteiger partial charge on any atom is -0.357 e. The van der Waals surface area contributed by atoms with Gasteiger partial charge in [0.1, 0.15) is 0 Å². The summed E-state index contributed by atoms with van der Waals surface area (Å²) >= 11 is 1.64. The summed E-state index contributed by atoms with van der Waals surface area (Å²) in [7, 11) is 4.01. The van der Waals surface area contributed by atoms with Crippen LogP contribution in [0.3, 0.4) is 0 Å². The zero-order valence-electron chi connectivity index (χ0n) is 16.2. The highest BCUT2D eigenvalue weighted by Gasteiger charge is 2.07. The lowest BCUT2D eigenvalue weighted by Crippen LogP contribution is -2.39. The van der Waals surface area contributed by atoms with Crippen LogP contribution in [0.25, 0.3) is 0 Å². The second-order valence-electron chi connectivity index (χ2n) is 6.40. The summed E-state index contributed by atoms with van der Waals surface area (Å²) in [5, 5.41) is 9.82. The van der Waals surface area contributed by atoms with Gasteiger partial charge in [0, 0.05) is 32.6 Å². The van der Waals surface area contributed by atoms with Gasteiger partial charge in [0.25, 0.3) is 0 Å². The highest BCUT2D eigenvalue weighted by atomic mass is 127. The molecular weight excluding hydrogens is 457 g/mol. The van der Waals surface area contributed by atoms with Crippen molar-refractivity contribution in [2.45, 2.75) is 33.2 Å². The molecule has 0 fully saturated rings. The number of nitrogens with one attached hydrogen (secondary N) is 2. The molecule has 2 N–H and O–H groups in total. The Labute approximate surface area is 178 Å². The summed E-state index contributed by atoms with van der Waals surface area (Å²) in [6.45, 7) is 8.68. The molecule has 7 heteroatoms. The zero-order valence-corrected chi connectivity index (χ0v) is 19.4. The van der Waals surface area contributed by atoms with E-state index in [1.807, 2.05) is 19.0 Å². The minimum absolute atomic E-state index is 0. The van der Waals surface area contributed by atoms with E-state index < -0.39 is 0 Å². The number of aromatic nitrogens is 1. The van der Waals surface area contributed by atoms with Crippen molar-refractivity contribution in [3.8, 4) is 0 Å². The van der Waals surface area contributed by atoms with Crippen LogP contribution in [0.1, 0.15) is 36.6 Å². The smallest absolute Gasteiger partial charge is 0.191 e. The first-order valence-electron chi connectivity index (χ1n) is 8.70. The average molecular weight is 487 g/mol. The Balaban J connectivity index is 0.00000338. The molecule has 1 aromatic carbocycles. The second-order valence-corrected chi connectivity index (χ2v) is 7.24. The Morgan fingerprint density at radius 1 is 1.23 bits per heavy atom. The van der Waals surface area contributed by atoms with E-state index in [-0.39, 0.29) is 24.0 Å². The molecule has 2 aromatic rings. The fourth-order valence-corrected chi connectivity index (χ4v) is 3.09. The van der Waals surface area contributed by atoms with Crippen LogP contribution >= 0.6 is 35.3 Å². The van der Waals surface area contributed by atoms with Crippen LogP contribution in [0, 0.1) is 6.92 Å². The summed E-state index contributed by atoms with van der Waals surface area (Å²) in [5.41, 5.74) is 3.63. The van der Waals surface area contributed by atoms with Gasteiger partial charge in [-0.1, -0.05) is 36.8 Å². The number of guanidine groups is 1. The highest BCUT2D eigenvalue weighted by Crippen LogP contribution is 2.18. The Morgan fingerprint density at radius 3 is 2.50 bits per heavy atom. The van der Waals surface area contributed by atoms with E-state index in [0.717, 1.165) is 29.9 Å². The van der Waals surface area contributed by atoms with E-state index in [0.29, 0.717) is 12.5 Å². The number of anilines is 1. The van der Waals surface area contributed by atoms with Crippen molar-refractivity contribution < 1.29 is 0 Å². The fraction of sp³-hybridized carbons (Fsp3) is 0.474. The lowest BCUT2D eigenvalue weighted by molar-refractivity contribution is 0.699. The Kier molecular flexibility index (Phi) is 9.93. The molecule has 0 aliphatic heterocycles. The predicted molar refractivity (Wildman–Crippen MR) is 124 cm³/mol. The molecule has 0 aliphatic rings. The lowest BCUT2D eigenvalue weighted by Gasteiger charge is -2.16. The van der Waals surface area contributed by atoms with Crippen molar-refractivity contribution >= 4 is 46.4 Å². The maximum Gasteiger partial charge on any atom is 0.191 e. The molecule has 5 nitrogen and oxygen atoms in total. The van der Waals surface area contributed by atoms with Crippen LogP contribution in [-0.2, 0) is 6.54 Å². The molecule has 144 valence electrons. The molecule has 1 heterocycles. The van der Waals surface area contributed by atoms with Crippen LogP contribution < -0.4 is 15.5 Å². The summed E-state index contributed by atoms with van der Waals surface area (Å²) in [5.74, 6) is 1.25. The van der Waals surface area contributed by atoms with E-state index in [1.165, 1.54) is 11.1 Å². The monoisotopic (exact) mass is 487 g/mol. The number of halogens is 1. The third-order valence-corrected chi connectivity index (χ3v) is 4.94. The van der Waals surface area contributed by atoms with Crippen molar-refractivity contribution in [2.75, 3.05) is 32.1 Å². The maximum absolute atomic E-state index is 4.66. The first kappa shape index (κ1) is 22.7. The van der Waals surface area contributed by atoms with Crippen LogP contribution in [0.4, 0.5) is 5.13 Å². The largest absolute Gasteiger partial charge is 0.357 e. The molecule has 1 aromatic heterocycles. The third kappa shape index (κ3) is 7.11. The van der Waals surface area contributed by atoms with E-state index in [2.05, 4.69) is 71.0 Å². The molecule has 1 atom stereocenters. The summed E-state index contributed by atoms with van der Waals surface area (Å²) < 4.78 is 0. The van der Waals surface area contributed by atoms with Crippen molar-refractivity contribution in [3.63, 3.8) is 0 Å². The minimum atomic E-state index is 0. The standard InChI is InChI=1S/C19H29N5S.HI/c1-6-20-18(22-12-17-13-25-19(23-17)24(4)5)21-11-15(3)16-9-7-14(2)8-10-16;/h7-10,13,15H,6,11-12H2,1-5H3,(H2,20,21,22);1H. The zero-order chi connectivity index (χ0) is 18.2. The van der Waals surface area contributed by atoms with Crippen LogP contribution in [0.2, 0.25) is 0 Å². The normalized spacial score (nSPS) is 12.3. The molecule has 0 saturated carbocycles. The first-order valence-corrected chi connectivity index (χ1v) is 9.58. The van der Waals surface area contributed by atoms with Gasteiger partial charge in [-0.3, -0.25) is 0 Å². The van der Waals surface area contributed by atoms with Gasteiger partial charge in [-0.05, 0) is 25.3 Å². The molecule has 0 saturated heterocycles. The molecule has 2 rings (SSSR count). The van der Waals surface area contributed by atoms with Gasteiger partial charge in [0.2, 0.25) is 0 Å². The lowest BCUT2D eigenvalue weighted by atomic mass is 10.0. The molecule has 1 unspecified atom stereocenters. The van der Waals surface area contributed by atoms with E-state index in [1.54, 1.807) is 11.3 Å². The number of aryl methyl sites for hydroxylation is 1. The fourth-order valence-electron chi connectivity index (χ4n) is 2.34. The Bertz CT molecular complexity index is 681. The molecule has 0 aliphatic carbocycles. The Morgan fingerprint density at radius 2 is 1.92 bits per heavy atom. The van der Waals surface area contributed by atoms with Crippen LogP contribution in [-0.4, -0.2) is 38.1 Å². The van der Waals surface area contributed by atoms with E-state index >= 15 is 0 Å². The average Bonchev–Trinajstić information content (AvgIpc) is 3.07. The summed E-state index contributed by atoms with van der Waals surface area (Å²) in [6.07, 6.45) is 0. The van der Waals surface area contributed by atoms with Gasteiger partial charge < -0.3 is 15.5 Å². The second kappa shape index (κ2) is 11.4. The van der Waals surface area contributed by atoms with Gasteiger partial charge in [-0.15, -0.1) is 35.3 Å². The van der Waals surface area contributed by atoms with Crippen molar-refractivity contribution in [2.24, 2.45) is 4.99 Å². The molecule has 26 heavy (non-hydrogen) atoms. The molecule has 0 bridgehead atoms. The number of benzene rings is 1. The van der Waals surface area contributed by atoms with Gasteiger partial charge in [0.05, 0.1) is 12.2 Å². The predicted octanol–water partition coefficient (Wildman–Crippen LogP) is 3.99. The summed E-state index contributed by atoms with van der Waals surface area (Å²) in [4.78, 5) is 11.2. The SMILES string of the molecule is CCNC(=NCc1csc(N(C)C)n1)NCC(C)c1ccc(C)cc1.I. The third-order valence-electron chi connectivity index (χ3n) is 3.89. The topological polar surface area (TPSA) is 52.6 Å². The van der Waals surface area contributed by atoms with Crippen molar-refractivity contribution in [1.82, 2.24) is 15.6 Å². The number of nitrogens with zero attached hydrogens (tertiary/aromatic N) is 3. The van der Waals surface area contributed by atoms with Gasteiger partial charge in [-0.25, -0.2) is 9.98 Å². The first-order chi connectivity index (χ1) is 12.0. The maximum atomic E-state index is 4.66. The quantitative estimate of drug-likeness (QED) is 0.352. The Hall–Kier alpha value is -1.35. The molecule has 0 radical (unpaired) electrons. The summed E-state index contributed by atoms with van der Waals surface area (Å²) in [6, 6.07) is 8.72. The number of thiazole rings is 1. The molecule has 0 spiro atoms. The van der Waals surface area contributed by atoms with Crippen molar-refractivity contribution in [3.05, 3.63) is 46.5 Å². The number of rotatable bonds is 7. The molecule has 0 amide bonds. The number of hydrogen-bond donors (Lipinski definition) is 2. The van der Waals surface area contributed by atoms with Crippen LogP contribution in [0.5, 0.6) is 0 Å². The van der Waals surface area contributed by atoms with Crippen LogP contribution in [0.15, 0.2) is 34.6 Å². The molecular formula is C19H30IN5S. The highest BCUT2D eigenvalue weighted by molar-refractivity contribution is 14.0. The number of aliphatic imine (C=N–C) groups is 1. The van der Waals surface area contributed by atoms with Gasteiger partial charge >= 0.3 is 0 Å². The van der Waals surface area contributed by atoms with Gasteiger partial charge in [-0.2, -0.15) is 0 Å². The van der Waals surface area contributed by atoms with E-state index in [4.69, 9.17) is 0 Å². The van der Waals surface area contributed by atoms with Crippen molar-refractivity contribution in [1.29, 1.82) is 0 Å². The number of hydrogen-bond acceptors (Lipinski definition) is 4. The van der Waals surface area contributed by atoms with Gasteiger partial charge in [0.15, 0.2) is 11.1 Å².